The molecule has 5 heteroatoms. The Morgan fingerprint density at radius 3 is 2.03 bits per heavy atom. The molecule has 2 aromatic heterocycles. The van der Waals surface area contributed by atoms with Gasteiger partial charge in [-0.2, -0.15) is 0 Å². The predicted octanol–water partition coefficient (Wildman–Crippen LogP) is 4.31. The molecule has 146 valence electrons. The monoisotopic (exact) mass is 396 g/mol. The highest BCUT2D eigenvalue weighted by molar-refractivity contribution is 5.88. The first-order valence-corrected chi connectivity index (χ1v) is 9.62. The van der Waals surface area contributed by atoms with Gasteiger partial charge in [-0.3, -0.25) is 9.59 Å². The van der Waals surface area contributed by atoms with Crippen LogP contribution in [0.1, 0.15) is 11.1 Å². The van der Waals surface area contributed by atoms with E-state index in [2.05, 4.69) is 0 Å². The average Bonchev–Trinajstić information content (AvgIpc) is 2.78. The van der Waals surface area contributed by atoms with E-state index in [0.29, 0.717) is 23.2 Å². The van der Waals surface area contributed by atoms with Gasteiger partial charge in [0, 0.05) is 29.5 Å². The van der Waals surface area contributed by atoms with E-state index in [1.54, 1.807) is 12.1 Å². The summed E-state index contributed by atoms with van der Waals surface area (Å²) < 4.78 is 16.4. The van der Waals surface area contributed by atoms with E-state index in [9.17, 15) is 14.0 Å². The largest absolute Gasteiger partial charge is 0.270 e. The van der Waals surface area contributed by atoms with Crippen molar-refractivity contribution in [2.24, 2.45) is 0 Å². The van der Waals surface area contributed by atoms with Gasteiger partial charge in [-0.1, -0.05) is 48.5 Å². The standard InChI is InChI=1S/C25H17FN2O2/c26-19-12-10-18(11-13-19)25-21(16-17-6-2-1-3-7-17)20-8-4-5-9-22(20)27-23(29)14-15-24(30)28(25)27/h1-15H,16H2. The number of fused-ring (bicyclic) bond motifs is 3. The number of nitrogens with zero attached hydrogens (tertiary/aromatic N) is 2. The summed E-state index contributed by atoms with van der Waals surface area (Å²) in [6.07, 6.45) is 0.556. The molecule has 0 radical (unpaired) electrons. The molecule has 0 unspecified atom stereocenters. The van der Waals surface area contributed by atoms with Gasteiger partial charge in [-0.05, 0) is 41.5 Å². The van der Waals surface area contributed by atoms with Crippen molar-refractivity contribution in [1.82, 2.24) is 9.03 Å². The van der Waals surface area contributed by atoms with Gasteiger partial charge in [-0.25, -0.2) is 13.4 Å². The quantitative estimate of drug-likeness (QED) is 0.427. The van der Waals surface area contributed by atoms with Gasteiger partial charge < -0.3 is 0 Å². The highest BCUT2D eigenvalue weighted by Gasteiger charge is 2.18. The highest BCUT2D eigenvalue weighted by atomic mass is 19.1. The second kappa shape index (κ2) is 7.12. The number of halogens is 1. The van der Waals surface area contributed by atoms with Crippen LogP contribution in [0.5, 0.6) is 0 Å². The fraction of sp³-hybridized carbons (Fsp3) is 0.0400. The van der Waals surface area contributed by atoms with E-state index in [0.717, 1.165) is 16.5 Å². The van der Waals surface area contributed by atoms with E-state index in [-0.39, 0.29) is 16.9 Å². The lowest BCUT2D eigenvalue weighted by Gasteiger charge is -2.19. The normalized spacial score (nSPS) is 11.2. The number of aromatic nitrogens is 2. The van der Waals surface area contributed by atoms with Crippen molar-refractivity contribution < 1.29 is 4.39 Å². The van der Waals surface area contributed by atoms with Gasteiger partial charge in [0.15, 0.2) is 0 Å². The van der Waals surface area contributed by atoms with Crippen LogP contribution in [0.3, 0.4) is 0 Å². The molecule has 0 amide bonds. The lowest BCUT2D eigenvalue weighted by Crippen LogP contribution is -2.31. The van der Waals surface area contributed by atoms with Crippen molar-refractivity contribution in [2.45, 2.75) is 6.42 Å². The molecule has 5 aromatic rings. The summed E-state index contributed by atoms with van der Waals surface area (Å²) in [6.45, 7) is 0. The van der Waals surface area contributed by atoms with Crippen molar-refractivity contribution in [3.05, 3.63) is 129 Å². The lowest BCUT2D eigenvalue weighted by molar-refractivity contribution is 0.628. The summed E-state index contributed by atoms with van der Waals surface area (Å²) in [5, 5.41) is 0.869. The third-order valence-corrected chi connectivity index (χ3v) is 5.28. The van der Waals surface area contributed by atoms with Gasteiger partial charge in [0.25, 0.3) is 11.1 Å². The van der Waals surface area contributed by atoms with Gasteiger partial charge in [0.2, 0.25) is 0 Å². The molecular weight excluding hydrogens is 379 g/mol. The Morgan fingerprint density at radius 1 is 0.667 bits per heavy atom. The second-order valence-corrected chi connectivity index (χ2v) is 7.15. The minimum Gasteiger partial charge on any atom is -0.267 e. The summed E-state index contributed by atoms with van der Waals surface area (Å²) >= 11 is 0. The Bertz CT molecular complexity index is 1500. The zero-order chi connectivity index (χ0) is 20.7. The third kappa shape index (κ3) is 2.92. The Balaban J connectivity index is 2.00. The predicted molar refractivity (Wildman–Crippen MR) is 116 cm³/mol. The van der Waals surface area contributed by atoms with Crippen LogP contribution in [0.2, 0.25) is 0 Å². The Morgan fingerprint density at radius 2 is 1.30 bits per heavy atom. The van der Waals surface area contributed by atoms with Gasteiger partial charge in [0.05, 0.1) is 11.2 Å². The minimum atomic E-state index is -0.363. The Labute approximate surface area is 171 Å². The van der Waals surface area contributed by atoms with Crippen molar-refractivity contribution in [2.75, 3.05) is 0 Å². The maximum Gasteiger partial charge on any atom is 0.270 e. The number of rotatable bonds is 3. The van der Waals surface area contributed by atoms with Crippen molar-refractivity contribution in [3.8, 4) is 11.3 Å². The molecular formula is C25H17FN2O2. The molecule has 4 nitrogen and oxygen atoms in total. The van der Waals surface area contributed by atoms with Crippen LogP contribution in [0, 0.1) is 5.82 Å². The number of para-hydroxylation sites is 1. The van der Waals surface area contributed by atoms with Crippen LogP contribution >= 0.6 is 0 Å². The summed E-state index contributed by atoms with van der Waals surface area (Å²) in [4.78, 5) is 25.8. The molecule has 0 fully saturated rings. The topological polar surface area (TPSA) is 43.0 Å². The molecule has 0 aliphatic heterocycles. The minimum absolute atomic E-state index is 0.305. The first-order valence-electron chi connectivity index (χ1n) is 9.62. The maximum absolute atomic E-state index is 13.6. The smallest absolute Gasteiger partial charge is 0.267 e. The highest BCUT2D eigenvalue weighted by Crippen LogP contribution is 2.30. The molecule has 0 aliphatic rings. The first-order chi connectivity index (χ1) is 14.6. The van der Waals surface area contributed by atoms with Crippen LogP contribution in [-0.4, -0.2) is 9.03 Å². The van der Waals surface area contributed by atoms with Gasteiger partial charge in [0.1, 0.15) is 5.82 Å². The van der Waals surface area contributed by atoms with Gasteiger partial charge in [-0.15, -0.1) is 0 Å². The van der Waals surface area contributed by atoms with E-state index >= 15 is 0 Å². The summed E-state index contributed by atoms with van der Waals surface area (Å²) in [7, 11) is 0. The average molecular weight is 396 g/mol. The molecule has 0 saturated heterocycles. The number of benzene rings is 3. The van der Waals surface area contributed by atoms with E-state index < -0.39 is 0 Å². The molecule has 0 spiro atoms. The molecule has 3 aromatic carbocycles. The number of hydrogen-bond acceptors (Lipinski definition) is 2. The molecule has 0 N–H and O–H groups in total. The van der Waals surface area contributed by atoms with Gasteiger partial charge >= 0.3 is 0 Å². The Kier molecular flexibility index (Phi) is 4.29. The van der Waals surface area contributed by atoms with Crippen LogP contribution in [0.4, 0.5) is 4.39 Å². The fourth-order valence-corrected chi connectivity index (χ4v) is 3.97. The lowest BCUT2D eigenvalue weighted by atomic mass is 9.95. The number of hydrogen-bond donors (Lipinski definition) is 0. The van der Waals surface area contributed by atoms with Crippen LogP contribution in [0.15, 0.2) is 101 Å². The second-order valence-electron chi connectivity index (χ2n) is 7.15. The zero-order valence-electron chi connectivity index (χ0n) is 16.0. The van der Waals surface area contributed by atoms with E-state index in [4.69, 9.17) is 0 Å². The van der Waals surface area contributed by atoms with Crippen molar-refractivity contribution >= 4 is 10.9 Å². The van der Waals surface area contributed by atoms with Crippen molar-refractivity contribution in [1.29, 1.82) is 0 Å². The van der Waals surface area contributed by atoms with Crippen molar-refractivity contribution in [3.63, 3.8) is 0 Å². The molecule has 2 heterocycles. The van der Waals surface area contributed by atoms with Crippen LogP contribution in [0.25, 0.3) is 22.2 Å². The summed E-state index contributed by atoms with van der Waals surface area (Å²) in [6, 6.07) is 26.0. The fourth-order valence-electron chi connectivity index (χ4n) is 3.97. The molecule has 0 atom stereocenters. The van der Waals surface area contributed by atoms with Crippen LogP contribution in [-0.2, 0) is 6.42 Å². The SMILES string of the molecule is O=c1ccc(=O)n2c3ccccc3c(Cc3ccccc3)c(-c3ccc(F)cc3)n12. The molecule has 0 saturated carbocycles. The zero-order valence-corrected chi connectivity index (χ0v) is 16.0. The third-order valence-electron chi connectivity index (χ3n) is 5.28. The Hall–Kier alpha value is -3.99. The molecule has 0 aliphatic carbocycles. The molecule has 0 bridgehead atoms. The first kappa shape index (κ1) is 18.1. The van der Waals surface area contributed by atoms with Crippen LogP contribution < -0.4 is 11.1 Å². The summed E-state index contributed by atoms with van der Waals surface area (Å²) in [5.41, 5.74) is 3.24. The molecule has 5 rings (SSSR count). The van der Waals surface area contributed by atoms with E-state index in [1.807, 2.05) is 54.6 Å². The maximum atomic E-state index is 13.6. The van der Waals surface area contributed by atoms with E-state index in [1.165, 1.54) is 33.3 Å². The summed E-state index contributed by atoms with van der Waals surface area (Å²) in [5.74, 6) is -0.363. The molecule has 30 heavy (non-hydrogen) atoms.